The Morgan fingerprint density at radius 1 is 0.533 bits per heavy atom. The maximum atomic E-state index is 2.31. The van der Waals surface area contributed by atoms with Crippen LogP contribution in [0, 0.1) is 6.92 Å². The number of benzene rings is 2. The van der Waals surface area contributed by atoms with E-state index in [1.807, 2.05) is 0 Å². The van der Waals surface area contributed by atoms with Gasteiger partial charge in [-0.1, -0.05) is 94.6 Å². The van der Waals surface area contributed by atoms with E-state index in [1.54, 1.807) is 0 Å². The molecule has 0 N–H and O–H groups in total. The van der Waals surface area contributed by atoms with Crippen molar-refractivity contribution in [3.8, 4) is 0 Å². The largest absolute Gasteiger partial charge is 1.00 e. The van der Waals surface area contributed by atoms with Gasteiger partial charge < -0.3 is 24.8 Å². The summed E-state index contributed by atoms with van der Waals surface area (Å²) in [6, 6.07) is 19.4. The fourth-order valence-electron chi connectivity index (χ4n) is 3.51. The van der Waals surface area contributed by atoms with Crippen molar-refractivity contribution in [1.29, 1.82) is 0 Å². The molecule has 2 aromatic rings. The molecular weight excluding hydrogens is 574 g/mol. The average molecular weight is 604 g/mol. The number of aryl methyl sites for hydroxylation is 1. The molecule has 0 unspecified atom stereocenters. The van der Waals surface area contributed by atoms with Crippen LogP contribution >= 0.6 is 0 Å². The molecule has 0 atom stereocenters. The minimum atomic E-state index is 0. The van der Waals surface area contributed by atoms with Crippen LogP contribution in [0.4, 0.5) is 0 Å². The molecule has 2 aliphatic carbocycles. The Balaban J connectivity index is 0.000000511. The summed E-state index contributed by atoms with van der Waals surface area (Å²) < 4.78 is 0. The van der Waals surface area contributed by atoms with Gasteiger partial charge in [0.1, 0.15) is 0 Å². The predicted octanol–water partition coefficient (Wildman–Crippen LogP) is 1.93. The SMILES string of the molecule is CC1=C(C)CC(c2ccc(C)cc2)=C1.CC1=C(C)CC(c2ccccc2)=C1.[Cl-].[Cl-].[Hf]. The quantitative estimate of drug-likeness (QED) is 0.461. The summed E-state index contributed by atoms with van der Waals surface area (Å²) in [6.45, 7) is 10.9. The number of hydrogen-bond acceptors (Lipinski definition) is 0. The average Bonchev–Trinajstić information content (AvgIpc) is 3.19. The molecule has 0 aromatic heterocycles. The Hall–Kier alpha value is -1.15. The molecular formula is C27H30Cl2Hf-2. The number of halogens is 2. The van der Waals surface area contributed by atoms with Gasteiger partial charge in [-0.05, 0) is 69.7 Å². The molecule has 0 spiro atoms. The Labute approximate surface area is 213 Å². The molecule has 0 bridgehead atoms. The molecule has 0 saturated heterocycles. The van der Waals surface area contributed by atoms with Crippen molar-refractivity contribution < 1.29 is 50.7 Å². The van der Waals surface area contributed by atoms with E-state index in [-0.39, 0.29) is 50.7 Å². The summed E-state index contributed by atoms with van der Waals surface area (Å²) in [5.41, 5.74) is 12.8. The molecule has 0 amide bonds. The molecule has 30 heavy (non-hydrogen) atoms. The summed E-state index contributed by atoms with van der Waals surface area (Å²) in [7, 11) is 0. The van der Waals surface area contributed by atoms with E-state index in [2.05, 4.69) is 101 Å². The van der Waals surface area contributed by atoms with Crippen LogP contribution in [0.3, 0.4) is 0 Å². The first-order chi connectivity index (χ1) is 12.9. The summed E-state index contributed by atoms with van der Waals surface area (Å²) in [5, 5.41) is 0. The molecule has 3 heteroatoms. The zero-order valence-electron chi connectivity index (χ0n) is 18.5. The Morgan fingerprint density at radius 3 is 1.30 bits per heavy atom. The van der Waals surface area contributed by atoms with Gasteiger partial charge in [-0.15, -0.1) is 0 Å². The van der Waals surface area contributed by atoms with E-state index in [9.17, 15) is 0 Å². The van der Waals surface area contributed by atoms with Crippen molar-refractivity contribution in [3.05, 3.63) is 106 Å². The molecule has 0 fully saturated rings. The number of allylic oxidation sites excluding steroid dienone is 8. The van der Waals surface area contributed by atoms with Gasteiger partial charge in [0.15, 0.2) is 0 Å². The maximum absolute atomic E-state index is 2.31. The van der Waals surface area contributed by atoms with Crippen LogP contribution < -0.4 is 24.8 Å². The van der Waals surface area contributed by atoms with Crippen LogP contribution in [0.25, 0.3) is 11.1 Å². The van der Waals surface area contributed by atoms with Gasteiger partial charge in [-0.3, -0.25) is 0 Å². The van der Waals surface area contributed by atoms with E-state index in [0.717, 1.165) is 12.8 Å². The van der Waals surface area contributed by atoms with Gasteiger partial charge in [0, 0.05) is 25.8 Å². The van der Waals surface area contributed by atoms with Crippen molar-refractivity contribution in [1.82, 2.24) is 0 Å². The summed E-state index contributed by atoms with van der Waals surface area (Å²) in [4.78, 5) is 0. The van der Waals surface area contributed by atoms with Crippen molar-refractivity contribution >= 4 is 11.1 Å². The van der Waals surface area contributed by atoms with E-state index in [0.29, 0.717) is 0 Å². The van der Waals surface area contributed by atoms with Crippen molar-refractivity contribution in [2.24, 2.45) is 0 Å². The molecule has 2 aromatic carbocycles. The molecule has 0 saturated carbocycles. The fraction of sp³-hybridized carbons (Fsp3) is 0.259. The van der Waals surface area contributed by atoms with Gasteiger partial charge in [-0.2, -0.15) is 0 Å². The van der Waals surface area contributed by atoms with Gasteiger partial charge in [0.25, 0.3) is 0 Å². The van der Waals surface area contributed by atoms with E-state index in [1.165, 1.54) is 50.1 Å². The van der Waals surface area contributed by atoms with Crippen LogP contribution in [0.5, 0.6) is 0 Å². The fourth-order valence-corrected chi connectivity index (χ4v) is 3.51. The summed E-state index contributed by atoms with van der Waals surface area (Å²) in [6.07, 6.45) is 6.84. The molecule has 0 radical (unpaired) electrons. The van der Waals surface area contributed by atoms with Crippen LogP contribution in [-0.2, 0) is 25.8 Å². The first-order valence-electron chi connectivity index (χ1n) is 9.80. The van der Waals surface area contributed by atoms with Gasteiger partial charge in [-0.25, -0.2) is 0 Å². The van der Waals surface area contributed by atoms with Crippen molar-refractivity contribution in [2.75, 3.05) is 0 Å². The van der Waals surface area contributed by atoms with Crippen LogP contribution in [0.15, 0.2) is 89.0 Å². The van der Waals surface area contributed by atoms with E-state index >= 15 is 0 Å². The third-order valence-corrected chi connectivity index (χ3v) is 5.61. The number of rotatable bonds is 2. The first kappa shape index (κ1) is 28.9. The van der Waals surface area contributed by atoms with E-state index < -0.39 is 0 Å². The maximum Gasteiger partial charge on any atom is 0 e. The second kappa shape index (κ2) is 13.3. The van der Waals surface area contributed by atoms with Gasteiger partial charge in [0.05, 0.1) is 0 Å². The normalized spacial score (nSPS) is 14.6. The van der Waals surface area contributed by atoms with Gasteiger partial charge >= 0.3 is 0 Å². The minimum Gasteiger partial charge on any atom is -1.00 e. The van der Waals surface area contributed by atoms with Gasteiger partial charge in [0.2, 0.25) is 0 Å². The molecule has 0 aliphatic heterocycles. The molecule has 158 valence electrons. The molecule has 2 aliphatic rings. The zero-order valence-corrected chi connectivity index (χ0v) is 23.6. The third kappa shape index (κ3) is 7.52. The Kier molecular flexibility index (Phi) is 12.8. The predicted molar refractivity (Wildman–Crippen MR) is 120 cm³/mol. The molecule has 0 nitrogen and oxygen atoms in total. The van der Waals surface area contributed by atoms with Crippen molar-refractivity contribution in [2.45, 2.75) is 47.5 Å². The summed E-state index contributed by atoms with van der Waals surface area (Å²) in [5.74, 6) is 0. The Morgan fingerprint density at radius 2 is 0.933 bits per heavy atom. The summed E-state index contributed by atoms with van der Waals surface area (Å²) >= 11 is 0. The smallest absolute Gasteiger partial charge is 0 e. The standard InChI is InChI=1S/C14H16.C13H14.2ClH.Hf/c1-10-4-6-13(7-5-10)14-8-11(2)12(3)9-14;1-10-8-13(9-11(10)2)12-6-4-3-5-7-12;;;/h4-8H,9H2,1-3H3;3-8H,9H2,1-2H3;2*1H;/p-2. The van der Waals surface area contributed by atoms with Crippen LogP contribution in [-0.4, -0.2) is 0 Å². The number of hydrogen-bond donors (Lipinski definition) is 0. The molecule has 0 heterocycles. The second-order valence-electron chi connectivity index (χ2n) is 7.85. The zero-order chi connectivity index (χ0) is 19.4. The minimum absolute atomic E-state index is 0. The van der Waals surface area contributed by atoms with E-state index in [4.69, 9.17) is 0 Å². The third-order valence-electron chi connectivity index (χ3n) is 5.61. The molecule has 4 rings (SSSR count). The second-order valence-corrected chi connectivity index (χ2v) is 7.85. The topological polar surface area (TPSA) is 0 Å². The first-order valence-corrected chi connectivity index (χ1v) is 9.80. The van der Waals surface area contributed by atoms with Crippen molar-refractivity contribution in [3.63, 3.8) is 0 Å². The van der Waals surface area contributed by atoms with Crippen LogP contribution in [0.2, 0.25) is 0 Å². The Bertz CT molecular complexity index is 946. The monoisotopic (exact) mass is 604 g/mol. The van der Waals surface area contributed by atoms with Crippen LogP contribution in [0.1, 0.15) is 57.2 Å².